The Morgan fingerprint density at radius 1 is 1.19 bits per heavy atom. The Hall–Kier alpha value is -2.87. The van der Waals surface area contributed by atoms with E-state index in [4.69, 9.17) is 4.74 Å². The summed E-state index contributed by atoms with van der Waals surface area (Å²) in [5, 5.41) is 4.05. The van der Waals surface area contributed by atoms with E-state index in [1.807, 2.05) is 18.2 Å². The predicted molar refractivity (Wildman–Crippen MR) is 122 cm³/mol. The maximum Gasteiger partial charge on any atom is 0.266 e. The first-order valence-corrected chi connectivity index (χ1v) is 11.7. The van der Waals surface area contributed by atoms with E-state index >= 15 is 0 Å². The topological polar surface area (TPSA) is 51.2 Å². The molecule has 1 aliphatic heterocycles. The van der Waals surface area contributed by atoms with Gasteiger partial charge in [-0.05, 0) is 31.1 Å². The Bertz CT molecular complexity index is 1210. The second-order valence-corrected chi connectivity index (χ2v) is 9.26. The van der Waals surface area contributed by atoms with Gasteiger partial charge in [-0.25, -0.2) is 13.2 Å². The van der Waals surface area contributed by atoms with E-state index < -0.39 is 34.6 Å². The lowest BCUT2D eigenvalue weighted by atomic mass is 9.98. The third-order valence-electron chi connectivity index (χ3n) is 5.66. The van der Waals surface area contributed by atoms with E-state index in [1.165, 1.54) is 12.1 Å². The van der Waals surface area contributed by atoms with Crippen LogP contribution in [0, 0.1) is 5.82 Å². The number of allylic oxidation sites excluding steroid dienone is 1. The first-order chi connectivity index (χ1) is 15.4. The first-order valence-electron chi connectivity index (χ1n) is 10.2. The fraction of sp³-hybridized carbons (Fsp3) is 0.292. The van der Waals surface area contributed by atoms with Crippen LogP contribution in [0.2, 0.25) is 0 Å². The molecule has 4 nitrogen and oxygen atoms in total. The molecule has 1 unspecified atom stereocenters. The third-order valence-corrected chi connectivity index (χ3v) is 6.85. The lowest BCUT2D eigenvalue weighted by Gasteiger charge is -2.21. The molecule has 0 radical (unpaired) electrons. The molecule has 0 saturated carbocycles. The number of benzene rings is 2. The summed E-state index contributed by atoms with van der Waals surface area (Å²) >= 11 is 0. The minimum Gasteiger partial charge on any atom is -0.496 e. The van der Waals surface area contributed by atoms with Gasteiger partial charge in [0.2, 0.25) is 0 Å². The Labute approximate surface area is 187 Å². The number of alkyl halides is 2. The van der Waals surface area contributed by atoms with Crippen molar-refractivity contribution in [3.05, 3.63) is 71.2 Å². The van der Waals surface area contributed by atoms with Gasteiger partial charge in [0.05, 0.1) is 24.2 Å². The molecule has 32 heavy (non-hydrogen) atoms. The summed E-state index contributed by atoms with van der Waals surface area (Å²) in [5.41, 5.74) is 2.90. The molecule has 168 valence electrons. The maximum absolute atomic E-state index is 14.6. The average Bonchev–Trinajstić information content (AvgIpc) is 2.79. The van der Waals surface area contributed by atoms with E-state index in [1.54, 1.807) is 26.3 Å². The molecule has 0 aliphatic carbocycles. The van der Waals surface area contributed by atoms with E-state index in [0.29, 0.717) is 34.9 Å². The molecule has 0 bridgehead atoms. The minimum absolute atomic E-state index is 0.166. The predicted octanol–water partition coefficient (Wildman–Crippen LogP) is 6.03. The number of nitrogens with one attached hydrogen (secondary N) is 1. The molecular formula is C24H23F3N2O2S. The molecule has 8 heteroatoms. The molecule has 1 aromatic heterocycles. The molecular weight excluding hydrogens is 437 g/mol. The van der Waals surface area contributed by atoms with Gasteiger partial charge < -0.3 is 10.1 Å². The van der Waals surface area contributed by atoms with Crippen molar-refractivity contribution in [2.45, 2.75) is 25.8 Å². The van der Waals surface area contributed by atoms with Gasteiger partial charge in [0.1, 0.15) is 11.6 Å². The Balaban J connectivity index is 1.74. The van der Waals surface area contributed by atoms with Crippen LogP contribution in [-0.2, 0) is 10.8 Å². The van der Waals surface area contributed by atoms with Crippen molar-refractivity contribution < 1.29 is 22.1 Å². The van der Waals surface area contributed by atoms with Crippen molar-refractivity contribution in [2.24, 2.45) is 0 Å². The molecule has 0 amide bonds. The summed E-state index contributed by atoms with van der Waals surface area (Å²) in [6, 6.07) is 9.05. The zero-order chi connectivity index (χ0) is 22.8. The van der Waals surface area contributed by atoms with Crippen molar-refractivity contribution in [1.29, 1.82) is 0 Å². The molecule has 0 fully saturated rings. The van der Waals surface area contributed by atoms with Gasteiger partial charge in [0.15, 0.2) is 0 Å². The van der Waals surface area contributed by atoms with Crippen LogP contribution in [0.1, 0.15) is 42.5 Å². The van der Waals surface area contributed by atoms with Crippen LogP contribution in [0.4, 0.5) is 18.9 Å². The van der Waals surface area contributed by atoms with Crippen molar-refractivity contribution in [2.75, 3.05) is 23.9 Å². The van der Waals surface area contributed by atoms with E-state index in [-0.39, 0.29) is 5.56 Å². The monoisotopic (exact) mass is 460 g/mol. The number of nitrogens with zero attached hydrogens (tertiary/aromatic N) is 1. The standard InChI is InChI=1S/C24H23F3N2O2S/c1-14(16-4-3-5-17(23(16)25)24(26)27)29-20-6-9-28-21-13-22(31-2)18(12-19(20)21)15-7-10-32(30)11-8-15/h3-7,9,12-14,24H,8,10-11H2,1-2H3,(H,28,29)/t14-,32?/m1/s1. The van der Waals surface area contributed by atoms with Gasteiger partial charge in [-0.3, -0.25) is 9.19 Å². The lowest BCUT2D eigenvalue weighted by Crippen LogP contribution is -2.11. The summed E-state index contributed by atoms with van der Waals surface area (Å²) in [6.45, 7) is 1.73. The molecule has 1 N–H and O–H groups in total. The molecule has 3 aromatic rings. The zero-order valence-corrected chi connectivity index (χ0v) is 18.5. The number of hydrogen-bond acceptors (Lipinski definition) is 4. The number of anilines is 1. The normalized spacial score (nSPS) is 17.3. The van der Waals surface area contributed by atoms with Crippen molar-refractivity contribution in [3.63, 3.8) is 0 Å². The van der Waals surface area contributed by atoms with Crippen LogP contribution in [0.5, 0.6) is 5.75 Å². The van der Waals surface area contributed by atoms with Crippen LogP contribution in [0.3, 0.4) is 0 Å². The average molecular weight is 461 g/mol. The quantitative estimate of drug-likeness (QED) is 0.488. The number of halogens is 3. The Morgan fingerprint density at radius 2 is 1.97 bits per heavy atom. The second-order valence-electron chi connectivity index (χ2n) is 7.64. The van der Waals surface area contributed by atoms with E-state index in [2.05, 4.69) is 10.3 Å². The smallest absolute Gasteiger partial charge is 0.266 e. The Kier molecular flexibility index (Phi) is 6.50. The number of methoxy groups -OCH3 is 1. The van der Waals surface area contributed by atoms with E-state index in [9.17, 15) is 17.4 Å². The van der Waals surface area contributed by atoms with E-state index in [0.717, 1.165) is 22.6 Å². The molecule has 4 rings (SSSR count). The van der Waals surface area contributed by atoms with Crippen molar-refractivity contribution in [3.8, 4) is 5.75 Å². The summed E-state index contributed by atoms with van der Waals surface area (Å²) in [5.74, 6) is 0.876. The lowest BCUT2D eigenvalue weighted by molar-refractivity contribution is 0.146. The Morgan fingerprint density at radius 3 is 2.66 bits per heavy atom. The zero-order valence-electron chi connectivity index (χ0n) is 17.7. The van der Waals surface area contributed by atoms with Gasteiger partial charge in [0.25, 0.3) is 6.43 Å². The number of fused-ring (bicyclic) bond motifs is 1. The van der Waals surface area contributed by atoms with Crippen LogP contribution in [-0.4, -0.2) is 27.8 Å². The van der Waals surface area contributed by atoms with Crippen molar-refractivity contribution in [1.82, 2.24) is 4.98 Å². The highest BCUT2D eigenvalue weighted by Crippen LogP contribution is 2.37. The number of ether oxygens (including phenoxy) is 1. The first kappa shape index (κ1) is 22.3. The number of rotatable bonds is 6. The summed E-state index contributed by atoms with van der Waals surface area (Å²) < 4.78 is 58.2. The third kappa shape index (κ3) is 4.37. The van der Waals surface area contributed by atoms with Crippen LogP contribution in [0.15, 0.2) is 48.7 Å². The fourth-order valence-corrected chi connectivity index (χ4v) is 4.95. The number of pyridine rings is 1. The van der Waals surface area contributed by atoms with Gasteiger partial charge in [-0.15, -0.1) is 0 Å². The molecule has 2 heterocycles. The number of hydrogen-bond donors (Lipinski definition) is 1. The van der Waals surface area contributed by atoms with Crippen LogP contribution >= 0.6 is 0 Å². The SMILES string of the molecule is COc1cc2nccc(N[C@H](C)c3cccc(C(F)F)c3F)c2cc1C1=CCS(=O)CC1. The highest BCUT2D eigenvalue weighted by molar-refractivity contribution is 7.85. The summed E-state index contributed by atoms with van der Waals surface area (Å²) in [7, 11) is 0.750. The number of aromatic nitrogens is 1. The van der Waals surface area contributed by atoms with Gasteiger partial charge in [0, 0.05) is 56.8 Å². The molecule has 2 atom stereocenters. The minimum atomic E-state index is -2.88. The van der Waals surface area contributed by atoms with Crippen LogP contribution < -0.4 is 10.1 Å². The van der Waals surface area contributed by atoms with Crippen LogP contribution in [0.25, 0.3) is 16.5 Å². The van der Waals surface area contributed by atoms with Gasteiger partial charge in [-0.2, -0.15) is 0 Å². The summed E-state index contributed by atoms with van der Waals surface area (Å²) in [6.07, 6.45) is 1.41. The molecule has 1 aliphatic rings. The molecule has 0 saturated heterocycles. The second kappa shape index (κ2) is 9.32. The van der Waals surface area contributed by atoms with Gasteiger partial charge in [-0.1, -0.05) is 24.3 Å². The molecule has 2 aromatic carbocycles. The largest absolute Gasteiger partial charge is 0.496 e. The van der Waals surface area contributed by atoms with Crippen molar-refractivity contribution >= 4 is 33.0 Å². The summed E-state index contributed by atoms with van der Waals surface area (Å²) in [4.78, 5) is 4.42. The maximum atomic E-state index is 14.6. The highest BCUT2D eigenvalue weighted by Gasteiger charge is 2.21. The fourth-order valence-electron chi connectivity index (χ4n) is 3.95. The van der Waals surface area contributed by atoms with Gasteiger partial charge >= 0.3 is 0 Å². The molecule has 0 spiro atoms. The highest BCUT2D eigenvalue weighted by atomic mass is 32.2.